The highest BCUT2D eigenvalue weighted by Crippen LogP contribution is 2.24. The number of benzene rings is 1. The minimum absolute atomic E-state index is 0.263. The summed E-state index contributed by atoms with van der Waals surface area (Å²) in [4.78, 5) is 16.0. The van der Waals surface area contributed by atoms with E-state index in [0.717, 1.165) is 31.6 Å². The third kappa shape index (κ3) is 3.17. The maximum atomic E-state index is 12.0. The molecular formula is C17H19NOS. The van der Waals surface area contributed by atoms with E-state index in [4.69, 9.17) is 0 Å². The fourth-order valence-electron chi connectivity index (χ4n) is 2.73. The van der Waals surface area contributed by atoms with Gasteiger partial charge in [-0.05, 0) is 36.4 Å². The number of carbonyl (C=O) groups is 1. The topological polar surface area (TPSA) is 20.3 Å². The fourth-order valence-corrected chi connectivity index (χ4v) is 3.62. The highest BCUT2D eigenvalue weighted by Gasteiger charge is 2.16. The van der Waals surface area contributed by atoms with E-state index in [-0.39, 0.29) is 5.78 Å². The summed E-state index contributed by atoms with van der Waals surface area (Å²) in [7, 11) is 0. The summed E-state index contributed by atoms with van der Waals surface area (Å²) in [5, 5.41) is 2.19. The molecule has 0 saturated carbocycles. The third-order valence-electron chi connectivity index (χ3n) is 3.86. The van der Waals surface area contributed by atoms with E-state index < -0.39 is 0 Å². The second-order valence-electron chi connectivity index (χ2n) is 5.29. The van der Waals surface area contributed by atoms with Crippen LogP contribution in [0.4, 0.5) is 0 Å². The molecule has 1 aromatic heterocycles. The van der Waals surface area contributed by atoms with Crippen LogP contribution >= 0.6 is 11.3 Å². The minimum atomic E-state index is 0.263. The van der Waals surface area contributed by atoms with Crippen LogP contribution in [0.25, 0.3) is 0 Å². The highest BCUT2D eigenvalue weighted by molar-refractivity contribution is 7.10. The first kappa shape index (κ1) is 13.5. The van der Waals surface area contributed by atoms with E-state index in [1.165, 1.54) is 12.0 Å². The predicted octanol–water partition coefficient (Wildman–Crippen LogP) is 3.77. The molecule has 3 rings (SSSR count). The van der Waals surface area contributed by atoms with Crippen LogP contribution < -0.4 is 0 Å². The lowest BCUT2D eigenvalue weighted by Gasteiger charge is -2.26. The zero-order valence-electron chi connectivity index (χ0n) is 11.5. The highest BCUT2D eigenvalue weighted by atomic mass is 32.1. The lowest BCUT2D eigenvalue weighted by Crippen LogP contribution is -2.30. The molecule has 2 aromatic rings. The maximum absolute atomic E-state index is 12.0. The Bertz CT molecular complexity index is 576. The number of nitrogens with zero attached hydrogens (tertiary/aromatic N) is 1. The van der Waals surface area contributed by atoms with E-state index in [1.807, 2.05) is 41.7 Å². The van der Waals surface area contributed by atoms with Gasteiger partial charge < -0.3 is 0 Å². The quantitative estimate of drug-likeness (QED) is 0.779. The zero-order chi connectivity index (χ0) is 13.8. The third-order valence-corrected chi connectivity index (χ3v) is 4.88. The molecule has 0 radical (unpaired) electrons. The van der Waals surface area contributed by atoms with Crippen molar-refractivity contribution >= 4 is 17.1 Å². The van der Waals surface area contributed by atoms with Gasteiger partial charge in [0.2, 0.25) is 0 Å². The molecule has 0 spiro atoms. The number of hydrogen-bond donors (Lipinski definition) is 0. The van der Waals surface area contributed by atoms with Crippen LogP contribution in [-0.4, -0.2) is 23.8 Å². The summed E-state index contributed by atoms with van der Waals surface area (Å²) in [6, 6.07) is 11.8. The molecule has 1 aromatic carbocycles. The largest absolute Gasteiger partial charge is 0.299 e. The van der Waals surface area contributed by atoms with Crippen molar-refractivity contribution in [3.05, 3.63) is 57.8 Å². The molecule has 2 nitrogen and oxygen atoms in total. The Labute approximate surface area is 124 Å². The average molecular weight is 285 g/mol. The van der Waals surface area contributed by atoms with Crippen LogP contribution in [0.3, 0.4) is 0 Å². The second kappa shape index (κ2) is 6.33. The first-order chi connectivity index (χ1) is 9.83. The van der Waals surface area contributed by atoms with Crippen molar-refractivity contribution in [2.24, 2.45) is 0 Å². The Morgan fingerprint density at radius 3 is 2.90 bits per heavy atom. The number of Topliss-reactive ketones (excluding diaryl/α,β-unsaturated/α-hetero) is 1. The number of carbonyl (C=O) groups excluding carboxylic acids is 1. The molecule has 0 bridgehead atoms. The van der Waals surface area contributed by atoms with Gasteiger partial charge in [-0.1, -0.05) is 30.3 Å². The summed E-state index contributed by atoms with van der Waals surface area (Å²) < 4.78 is 0. The molecule has 0 atom stereocenters. The standard InChI is InChI=1S/C17H19NOS/c19-16(14-5-2-1-3-6-14)7-4-10-18-11-8-17-15(13-18)9-12-20-17/h1-3,5-6,9,12H,4,7-8,10-11,13H2. The van der Waals surface area contributed by atoms with Crippen LogP contribution in [0.1, 0.15) is 33.6 Å². The number of thiophene rings is 1. The molecule has 1 aliphatic heterocycles. The van der Waals surface area contributed by atoms with Crippen LogP contribution in [0.2, 0.25) is 0 Å². The average Bonchev–Trinajstić information content (AvgIpc) is 2.95. The number of ketones is 1. The van der Waals surface area contributed by atoms with Gasteiger partial charge in [0.1, 0.15) is 0 Å². The van der Waals surface area contributed by atoms with Crippen LogP contribution in [-0.2, 0) is 13.0 Å². The van der Waals surface area contributed by atoms with Crippen molar-refractivity contribution in [2.75, 3.05) is 13.1 Å². The summed E-state index contributed by atoms with van der Waals surface area (Å²) in [5.41, 5.74) is 2.32. The Morgan fingerprint density at radius 1 is 1.20 bits per heavy atom. The van der Waals surface area contributed by atoms with Gasteiger partial charge in [-0.2, -0.15) is 0 Å². The molecule has 104 valence electrons. The number of fused-ring (bicyclic) bond motifs is 1. The number of hydrogen-bond acceptors (Lipinski definition) is 3. The van der Waals surface area contributed by atoms with Gasteiger partial charge >= 0.3 is 0 Å². The SMILES string of the molecule is O=C(CCCN1CCc2sccc2C1)c1ccccc1. The summed E-state index contributed by atoms with van der Waals surface area (Å²) in [5.74, 6) is 0.263. The molecule has 20 heavy (non-hydrogen) atoms. The van der Waals surface area contributed by atoms with Gasteiger partial charge in [0.15, 0.2) is 5.78 Å². The lowest BCUT2D eigenvalue weighted by molar-refractivity contribution is 0.0974. The van der Waals surface area contributed by atoms with Gasteiger partial charge in [-0.25, -0.2) is 0 Å². The van der Waals surface area contributed by atoms with E-state index in [1.54, 1.807) is 4.88 Å². The molecule has 2 heterocycles. The molecule has 1 aliphatic rings. The molecule has 0 unspecified atom stereocenters. The zero-order valence-corrected chi connectivity index (χ0v) is 12.4. The normalized spacial score (nSPS) is 15.0. The predicted molar refractivity (Wildman–Crippen MR) is 83.3 cm³/mol. The Morgan fingerprint density at radius 2 is 2.05 bits per heavy atom. The van der Waals surface area contributed by atoms with Crippen molar-refractivity contribution in [3.8, 4) is 0 Å². The van der Waals surface area contributed by atoms with Crippen molar-refractivity contribution < 1.29 is 4.79 Å². The van der Waals surface area contributed by atoms with E-state index in [2.05, 4.69) is 16.3 Å². The van der Waals surface area contributed by atoms with E-state index in [0.29, 0.717) is 6.42 Å². The Kier molecular flexibility index (Phi) is 4.28. The first-order valence-corrected chi connectivity index (χ1v) is 8.07. The van der Waals surface area contributed by atoms with Crippen molar-refractivity contribution in [1.82, 2.24) is 4.90 Å². The second-order valence-corrected chi connectivity index (χ2v) is 6.29. The van der Waals surface area contributed by atoms with Crippen LogP contribution in [0.15, 0.2) is 41.8 Å². The monoisotopic (exact) mass is 285 g/mol. The molecular weight excluding hydrogens is 266 g/mol. The van der Waals surface area contributed by atoms with Crippen molar-refractivity contribution in [3.63, 3.8) is 0 Å². The summed E-state index contributed by atoms with van der Waals surface area (Å²) >= 11 is 1.87. The van der Waals surface area contributed by atoms with E-state index >= 15 is 0 Å². The molecule has 0 aliphatic carbocycles. The Balaban J connectivity index is 1.46. The number of rotatable bonds is 5. The molecule has 0 amide bonds. The van der Waals surface area contributed by atoms with Crippen molar-refractivity contribution in [1.29, 1.82) is 0 Å². The maximum Gasteiger partial charge on any atom is 0.162 e. The smallest absolute Gasteiger partial charge is 0.162 e. The lowest BCUT2D eigenvalue weighted by atomic mass is 10.1. The first-order valence-electron chi connectivity index (χ1n) is 7.19. The minimum Gasteiger partial charge on any atom is -0.299 e. The molecule has 0 fully saturated rings. The Hall–Kier alpha value is -1.45. The molecule has 3 heteroatoms. The molecule has 0 N–H and O–H groups in total. The van der Waals surface area contributed by atoms with Gasteiger partial charge in [0.05, 0.1) is 0 Å². The van der Waals surface area contributed by atoms with Gasteiger partial charge in [-0.15, -0.1) is 11.3 Å². The van der Waals surface area contributed by atoms with Crippen LogP contribution in [0, 0.1) is 0 Å². The van der Waals surface area contributed by atoms with Gasteiger partial charge in [0, 0.05) is 30.0 Å². The van der Waals surface area contributed by atoms with E-state index in [9.17, 15) is 4.79 Å². The fraction of sp³-hybridized carbons (Fsp3) is 0.353. The molecule has 0 saturated heterocycles. The summed E-state index contributed by atoms with van der Waals surface area (Å²) in [6.45, 7) is 3.21. The van der Waals surface area contributed by atoms with Gasteiger partial charge in [-0.3, -0.25) is 9.69 Å². The van der Waals surface area contributed by atoms with Crippen molar-refractivity contribution in [2.45, 2.75) is 25.8 Å². The van der Waals surface area contributed by atoms with Crippen LogP contribution in [0.5, 0.6) is 0 Å². The summed E-state index contributed by atoms with van der Waals surface area (Å²) in [6.07, 6.45) is 2.77. The van der Waals surface area contributed by atoms with Gasteiger partial charge in [0.25, 0.3) is 0 Å².